The summed E-state index contributed by atoms with van der Waals surface area (Å²) in [5.74, 6) is 1.16. The predicted molar refractivity (Wildman–Crippen MR) is 105 cm³/mol. The molecule has 1 fully saturated rings. The molecule has 0 spiro atoms. The topological polar surface area (TPSA) is 79.8 Å². The quantitative estimate of drug-likeness (QED) is 0.688. The molecule has 0 bridgehead atoms. The first-order chi connectivity index (χ1) is 13.3. The van der Waals surface area contributed by atoms with Crippen molar-refractivity contribution in [3.8, 4) is 10.8 Å². The second kappa shape index (κ2) is 8.37. The van der Waals surface area contributed by atoms with Crippen molar-refractivity contribution in [2.24, 2.45) is 5.92 Å². The van der Waals surface area contributed by atoms with Gasteiger partial charge in [-0.1, -0.05) is 18.2 Å². The molecule has 138 valence electrons. The van der Waals surface area contributed by atoms with Crippen molar-refractivity contribution in [3.05, 3.63) is 64.9 Å². The number of hydrogen-bond donors (Lipinski definition) is 2. The third-order valence-corrected chi connectivity index (χ3v) is 5.56. The number of nitrogens with zero attached hydrogens (tertiary/aromatic N) is 3. The van der Waals surface area contributed by atoms with Gasteiger partial charge in [0.25, 0.3) is 5.91 Å². The summed E-state index contributed by atoms with van der Waals surface area (Å²) in [5, 5.41) is 9.07. The van der Waals surface area contributed by atoms with E-state index in [2.05, 4.69) is 31.7 Å². The Morgan fingerprint density at radius 2 is 2.07 bits per heavy atom. The summed E-state index contributed by atoms with van der Waals surface area (Å²) in [4.78, 5) is 25.7. The zero-order chi connectivity index (χ0) is 18.5. The molecule has 6 nitrogen and oxygen atoms in total. The summed E-state index contributed by atoms with van der Waals surface area (Å²) >= 11 is 1.48. The lowest BCUT2D eigenvalue weighted by atomic mass is 9.94. The highest BCUT2D eigenvalue weighted by Gasteiger charge is 2.18. The van der Waals surface area contributed by atoms with Gasteiger partial charge in [0.2, 0.25) is 0 Å². The number of rotatable bonds is 6. The zero-order valence-corrected chi connectivity index (χ0v) is 15.7. The highest BCUT2D eigenvalue weighted by atomic mass is 32.1. The van der Waals surface area contributed by atoms with E-state index in [0.717, 1.165) is 41.3 Å². The first-order valence-electron chi connectivity index (χ1n) is 9.08. The predicted octanol–water partition coefficient (Wildman–Crippen LogP) is 2.68. The Bertz CT molecular complexity index is 906. The lowest BCUT2D eigenvalue weighted by Crippen LogP contribution is -2.24. The molecule has 2 N–H and O–H groups in total. The van der Waals surface area contributed by atoms with Gasteiger partial charge in [0.1, 0.15) is 0 Å². The summed E-state index contributed by atoms with van der Waals surface area (Å²) in [6, 6.07) is 9.65. The molecule has 1 unspecified atom stereocenters. The van der Waals surface area contributed by atoms with Gasteiger partial charge in [-0.05, 0) is 49.5 Å². The average molecular weight is 379 g/mol. The van der Waals surface area contributed by atoms with Crippen molar-refractivity contribution in [2.45, 2.75) is 19.4 Å². The van der Waals surface area contributed by atoms with Crippen LogP contribution in [0.25, 0.3) is 10.8 Å². The van der Waals surface area contributed by atoms with Crippen molar-refractivity contribution in [1.29, 1.82) is 0 Å². The monoisotopic (exact) mass is 379 g/mol. The Kier molecular flexibility index (Phi) is 5.50. The summed E-state index contributed by atoms with van der Waals surface area (Å²) < 4.78 is 0. The van der Waals surface area contributed by atoms with Crippen LogP contribution < -0.4 is 10.6 Å². The number of thiazole rings is 1. The van der Waals surface area contributed by atoms with Crippen LogP contribution in [-0.4, -0.2) is 33.9 Å². The Morgan fingerprint density at radius 3 is 2.89 bits per heavy atom. The van der Waals surface area contributed by atoms with Crippen LogP contribution in [0, 0.1) is 5.92 Å². The molecule has 1 saturated heterocycles. The normalized spacial score (nSPS) is 16.4. The molecule has 1 aliphatic rings. The van der Waals surface area contributed by atoms with Crippen molar-refractivity contribution in [1.82, 2.24) is 25.6 Å². The summed E-state index contributed by atoms with van der Waals surface area (Å²) in [5.41, 5.74) is 2.68. The van der Waals surface area contributed by atoms with Gasteiger partial charge in [0.05, 0.1) is 12.2 Å². The lowest BCUT2D eigenvalue weighted by Gasteiger charge is -2.13. The zero-order valence-electron chi connectivity index (χ0n) is 14.9. The van der Waals surface area contributed by atoms with Crippen LogP contribution in [0.4, 0.5) is 0 Å². The van der Waals surface area contributed by atoms with Gasteiger partial charge in [0, 0.05) is 23.3 Å². The van der Waals surface area contributed by atoms with E-state index in [4.69, 9.17) is 0 Å². The van der Waals surface area contributed by atoms with E-state index in [0.29, 0.717) is 18.3 Å². The number of aromatic nitrogens is 3. The van der Waals surface area contributed by atoms with E-state index in [1.165, 1.54) is 17.8 Å². The Labute approximate surface area is 162 Å². The number of amides is 1. The molecular formula is C20H21N5OS. The van der Waals surface area contributed by atoms with E-state index >= 15 is 0 Å². The van der Waals surface area contributed by atoms with Gasteiger partial charge in [-0.25, -0.2) is 15.0 Å². The number of hydrogen-bond acceptors (Lipinski definition) is 6. The second-order valence-electron chi connectivity index (χ2n) is 6.62. The summed E-state index contributed by atoms with van der Waals surface area (Å²) in [6.45, 7) is 2.48. The largest absolute Gasteiger partial charge is 0.346 e. The van der Waals surface area contributed by atoms with Gasteiger partial charge < -0.3 is 10.6 Å². The van der Waals surface area contributed by atoms with Gasteiger partial charge in [0.15, 0.2) is 10.8 Å². The molecule has 3 aromatic rings. The van der Waals surface area contributed by atoms with Gasteiger partial charge in [-0.3, -0.25) is 4.79 Å². The fourth-order valence-corrected chi connectivity index (χ4v) is 4.05. The van der Waals surface area contributed by atoms with Crippen molar-refractivity contribution in [3.63, 3.8) is 0 Å². The molecular weight excluding hydrogens is 358 g/mol. The molecule has 0 radical (unpaired) electrons. The maximum atomic E-state index is 12.7. The van der Waals surface area contributed by atoms with Crippen molar-refractivity contribution in [2.75, 3.05) is 13.1 Å². The second-order valence-corrected chi connectivity index (χ2v) is 7.48. The van der Waals surface area contributed by atoms with Gasteiger partial charge in [-0.2, -0.15) is 0 Å². The number of carbonyl (C=O) groups is 1. The van der Waals surface area contributed by atoms with E-state index in [9.17, 15) is 4.79 Å². The molecule has 0 saturated carbocycles. The maximum Gasteiger partial charge on any atom is 0.251 e. The minimum absolute atomic E-state index is 0.0536. The van der Waals surface area contributed by atoms with Crippen LogP contribution in [-0.2, 0) is 13.0 Å². The SMILES string of the molecule is O=C(NCc1csc(-c2ncccn2)n1)c1ccccc1CC1CCNC1. The van der Waals surface area contributed by atoms with Crippen molar-refractivity contribution >= 4 is 17.2 Å². The molecule has 1 atom stereocenters. The van der Waals surface area contributed by atoms with Crippen LogP contribution in [0.3, 0.4) is 0 Å². The standard InChI is InChI=1S/C20H21N5OS/c26-19(17-5-2-1-4-15(17)10-14-6-9-21-11-14)24-12-16-13-27-20(25-16)18-22-7-3-8-23-18/h1-5,7-8,13-14,21H,6,9-12H2,(H,24,26). The molecule has 4 rings (SSSR count). The van der Waals surface area contributed by atoms with Gasteiger partial charge in [-0.15, -0.1) is 11.3 Å². The minimum Gasteiger partial charge on any atom is -0.346 e. The Hall–Kier alpha value is -2.64. The first kappa shape index (κ1) is 17.8. The molecule has 3 heterocycles. The molecule has 1 aromatic carbocycles. The molecule has 7 heteroatoms. The molecule has 1 amide bonds. The van der Waals surface area contributed by atoms with E-state index < -0.39 is 0 Å². The third-order valence-electron chi connectivity index (χ3n) is 4.67. The van der Waals surface area contributed by atoms with Crippen LogP contribution in [0.15, 0.2) is 48.1 Å². The van der Waals surface area contributed by atoms with E-state index in [1.54, 1.807) is 18.5 Å². The maximum absolute atomic E-state index is 12.7. The lowest BCUT2D eigenvalue weighted by molar-refractivity contribution is 0.0949. The Morgan fingerprint density at radius 1 is 1.22 bits per heavy atom. The van der Waals surface area contributed by atoms with Crippen LogP contribution in [0.5, 0.6) is 0 Å². The summed E-state index contributed by atoms with van der Waals surface area (Å²) in [6.07, 6.45) is 5.49. The van der Waals surface area contributed by atoms with Crippen LogP contribution >= 0.6 is 11.3 Å². The van der Waals surface area contributed by atoms with E-state index in [-0.39, 0.29) is 5.91 Å². The molecule has 1 aliphatic heterocycles. The Balaban J connectivity index is 1.40. The number of carbonyl (C=O) groups excluding carboxylic acids is 1. The van der Waals surface area contributed by atoms with Crippen LogP contribution in [0.2, 0.25) is 0 Å². The highest BCUT2D eigenvalue weighted by Crippen LogP contribution is 2.20. The fourth-order valence-electron chi connectivity index (χ4n) is 3.29. The molecule has 27 heavy (non-hydrogen) atoms. The number of nitrogens with one attached hydrogen (secondary N) is 2. The van der Waals surface area contributed by atoms with Crippen molar-refractivity contribution < 1.29 is 4.79 Å². The fraction of sp³-hybridized carbons (Fsp3) is 0.300. The highest BCUT2D eigenvalue weighted by molar-refractivity contribution is 7.13. The molecule has 2 aromatic heterocycles. The number of benzene rings is 1. The minimum atomic E-state index is -0.0536. The first-order valence-corrected chi connectivity index (χ1v) is 9.96. The smallest absolute Gasteiger partial charge is 0.251 e. The molecule has 0 aliphatic carbocycles. The van der Waals surface area contributed by atoms with E-state index in [1.807, 2.05) is 23.6 Å². The van der Waals surface area contributed by atoms with Gasteiger partial charge >= 0.3 is 0 Å². The third kappa shape index (κ3) is 4.37. The average Bonchev–Trinajstić information content (AvgIpc) is 3.39. The summed E-state index contributed by atoms with van der Waals surface area (Å²) in [7, 11) is 0. The van der Waals surface area contributed by atoms with Crippen LogP contribution in [0.1, 0.15) is 28.0 Å².